The van der Waals surface area contributed by atoms with Crippen LogP contribution in [0.5, 0.6) is 0 Å². The lowest BCUT2D eigenvalue weighted by Gasteiger charge is -2.29. The number of nitrogens with one attached hydrogen (secondary N) is 2. The minimum atomic E-state index is -0.212. The lowest BCUT2D eigenvalue weighted by molar-refractivity contribution is -0.119. The second-order valence-corrected chi connectivity index (χ2v) is 9.13. The molecule has 4 aromatic rings. The van der Waals surface area contributed by atoms with Gasteiger partial charge in [0.05, 0.1) is 11.7 Å². The number of amides is 1. The molecule has 1 fully saturated rings. The Balaban J connectivity index is 1.56. The average Bonchev–Trinajstić information content (AvgIpc) is 3.49. The van der Waals surface area contributed by atoms with Crippen molar-refractivity contribution in [1.29, 1.82) is 0 Å². The summed E-state index contributed by atoms with van der Waals surface area (Å²) in [4.78, 5) is 18.6. The molecule has 7 nitrogen and oxygen atoms in total. The first-order chi connectivity index (χ1) is 17.5. The highest BCUT2D eigenvalue weighted by Gasteiger charge is 2.42. The van der Waals surface area contributed by atoms with Crippen molar-refractivity contribution in [2.75, 3.05) is 23.9 Å². The summed E-state index contributed by atoms with van der Waals surface area (Å²) in [6, 6.07) is 24.9. The molecular formula is C27H24ClN5O2S. The fraction of sp³-hybridized carbons (Fsp3) is 0.148. The summed E-state index contributed by atoms with van der Waals surface area (Å²) < 4.78 is 7.02. The van der Waals surface area contributed by atoms with E-state index in [1.165, 1.54) is 7.11 Å². The maximum Gasteiger partial charge on any atom is 0.250 e. The average molecular weight is 518 g/mol. The van der Waals surface area contributed by atoms with E-state index in [2.05, 4.69) is 31.2 Å². The van der Waals surface area contributed by atoms with Gasteiger partial charge >= 0.3 is 0 Å². The van der Waals surface area contributed by atoms with E-state index in [9.17, 15) is 4.79 Å². The molecule has 2 atom stereocenters. The second-order valence-electron chi connectivity index (χ2n) is 8.31. The molecule has 0 bridgehead atoms. The van der Waals surface area contributed by atoms with Gasteiger partial charge in [-0.2, -0.15) is 0 Å². The number of anilines is 2. The predicted molar refractivity (Wildman–Crippen MR) is 146 cm³/mol. The van der Waals surface area contributed by atoms with Crippen molar-refractivity contribution in [2.24, 2.45) is 0 Å². The zero-order valence-electron chi connectivity index (χ0n) is 19.5. The number of hydrogen-bond donors (Lipinski definition) is 2. The van der Waals surface area contributed by atoms with Crippen LogP contribution in [0.15, 0.2) is 91.3 Å². The van der Waals surface area contributed by atoms with Crippen LogP contribution in [0.2, 0.25) is 5.02 Å². The normalized spacial score (nSPS) is 17.2. The third kappa shape index (κ3) is 4.83. The number of ether oxygens (including phenoxy) is 1. The molecule has 0 aliphatic carbocycles. The molecule has 1 aliphatic heterocycles. The number of thiocarbonyl (C=S) groups is 1. The number of methoxy groups -OCH3 is 1. The van der Waals surface area contributed by atoms with Gasteiger partial charge in [0.1, 0.15) is 12.6 Å². The maximum atomic E-state index is 11.9. The van der Waals surface area contributed by atoms with Crippen molar-refractivity contribution in [3.63, 3.8) is 0 Å². The topological polar surface area (TPSA) is 71.4 Å². The first-order valence-electron chi connectivity index (χ1n) is 11.4. The lowest BCUT2D eigenvalue weighted by Crippen LogP contribution is -2.30. The van der Waals surface area contributed by atoms with Gasteiger partial charge in [0.2, 0.25) is 5.91 Å². The molecule has 36 heavy (non-hydrogen) atoms. The van der Waals surface area contributed by atoms with Gasteiger partial charge < -0.3 is 24.8 Å². The van der Waals surface area contributed by atoms with Crippen LogP contribution in [-0.4, -0.2) is 34.3 Å². The zero-order chi connectivity index (χ0) is 25.1. The predicted octanol–water partition coefficient (Wildman–Crippen LogP) is 5.29. The molecule has 2 N–H and O–H groups in total. The Kier molecular flexibility index (Phi) is 6.99. The first kappa shape index (κ1) is 24.0. The Morgan fingerprint density at radius 1 is 1.08 bits per heavy atom. The van der Waals surface area contributed by atoms with Gasteiger partial charge in [-0.15, -0.1) is 0 Å². The molecule has 1 saturated heterocycles. The molecule has 1 amide bonds. The molecule has 9 heteroatoms. The van der Waals surface area contributed by atoms with Crippen LogP contribution in [0.1, 0.15) is 23.5 Å². The third-order valence-corrected chi connectivity index (χ3v) is 6.52. The number of halogens is 1. The fourth-order valence-corrected chi connectivity index (χ4v) is 4.99. The fourth-order valence-electron chi connectivity index (χ4n) is 4.46. The van der Waals surface area contributed by atoms with Gasteiger partial charge in [-0.25, -0.2) is 0 Å². The minimum Gasteiger partial charge on any atom is -0.375 e. The van der Waals surface area contributed by atoms with Gasteiger partial charge in [0, 0.05) is 47.3 Å². The summed E-state index contributed by atoms with van der Waals surface area (Å²) in [6.45, 7) is -0.00377. The van der Waals surface area contributed by atoms with Crippen LogP contribution in [0.4, 0.5) is 11.4 Å². The summed E-state index contributed by atoms with van der Waals surface area (Å²) >= 11 is 12.2. The van der Waals surface area contributed by atoms with Crippen molar-refractivity contribution in [2.45, 2.75) is 12.1 Å². The van der Waals surface area contributed by atoms with E-state index < -0.39 is 0 Å². The molecule has 2 aromatic carbocycles. The number of carbonyl (C=O) groups is 1. The highest BCUT2D eigenvalue weighted by Crippen LogP contribution is 2.42. The van der Waals surface area contributed by atoms with Crippen molar-refractivity contribution < 1.29 is 9.53 Å². The van der Waals surface area contributed by atoms with E-state index in [1.807, 2.05) is 79.0 Å². The largest absolute Gasteiger partial charge is 0.375 e. The van der Waals surface area contributed by atoms with E-state index in [-0.39, 0.29) is 24.6 Å². The molecule has 2 aromatic heterocycles. The molecular weight excluding hydrogens is 494 g/mol. The van der Waals surface area contributed by atoms with Gasteiger partial charge in [-0.3, -0.25) is 9.78 Å². The van der Waals surface area contributed by atoms with Crippen LogP contribution in [0, 0.1) is 0 Å². The standard InChI is InChI=1S/C27H24ClN5O2S/c1-35-17-24(34)30-19-10-12-20(13-11-19)33-26(25(31-27(33)36)22-8-2-3-14-29-22)23-9-5-15-32(23)21-7-4-6-18(28)16-21/h2-16,25-26H,17H2,1H3,(H,30,34)(H,31,36)/t25-,26+/m0/s1. The summed E-state index contributed by atoms with van der Waals surface area (Å²) in [5.74, 6) is -0.212. The lowest BCUT2D eigenvalue weighted by atomic mass is 10.0. The van der Waals surface area contributed by atoms with Crippen LogP contribution in [-0.2, 0) is 9.53 Å². The Bertz CT molecular complexity index is 1380. The summed E-state index contributed by atoms with van der Waals surface area (Å²) in [5, 5.41) is 7.56. The highest BCUT2D eigenvalue weighted by atomic mass is 35.5. The van der Waals surface area contributed by atoms with Gasteiger partial charge in [0.15, 0.2) is 5.11 Å². The Hall–Kier alpha value is -3.72. The van der Waals surface area contributed by atoms with Crippen molar-refractivity contribution in [3.8, 4) is 5.69 Å². The quantitative estimate of drug-likeness (QED) is 0.325. The molecule has 0 radical (unpaired) electrons. The van der Waals surface area contributed by atoms with Crippen LogP contribution < -0.4 is 15.5 Å². The van der Waals surface area contributed by atoms with E-state index in [0.29, 0.717) is 15.8 Å². The number of hydrogen-bond acceptors (Lipinski definition) is 4. The molecule has 5 rings (SSSR count). The number of nitrogens with zero attached hydrogens (tertiary/aromatic N) is 3. The number of carbonyl (C=O) groups excluding carboxylic acids is 1. The number of pyridine rings is 1. The molecule has 3 heterocycles. The molecule has 0 spiro atoms. The van der Waals surface area contributed by atoms with Crippen molar-refractivity contribution in [3.05, 3.63) is 108 Å². The monoisotopic (exact) mass is 517 g/mol. The van der Waals surface area contributed by atoms with E-state index in [1.54, 1.807) is 6.20 Å². The van der Waals surface area contributed by atoms with Crippen LogP contribution >= 0.6 is 23.8 Å². The summed E-state index contributed by atoms with van der Waals surface area (Å²) in [6.07, 6.45) is 3.80. The second kappa shape index (κ2) is 10.5. The van der Waals surface area contributed by atoms with E-state index in [4.69, 9.17) is 28.6 Å². The SMILES string of the molecule is COCC(=O)Nc1ccc(N2C(=S)N[C@@H](c3ccccn3)[C@H]2c2cccn2-c2cccc(Cl)c2)cc1. The Morgan fingerprint density at radius 3 is 2.64 bits per heavy atom. The van der Waals surface area contributed by atoms with Crippen molar-refractivity contribution in [1.82, 2.24) is 14.9 Å². The number of rotatable bonds is 7. The molecule has 182 valence electrons. The van der Waals surface area contributed by atoms with Gasteiger partial charge in [0.25, 0.3) is 0 Å². The highest BCUT2D eigenvalue weighted by molar-refractivity contribution is 7.80. The Morgan fingerprint density at radius 2 is 1.92 bits per heavy atom. The smallest absolute Gasteiger partial charge is 0.250 e. The summed E-state index contributed by atoms with van der Waals surface area (Å²) in [5.41, 5.74) is 4.43. The molecule has 0 unspecified atom stereocenters. The van der Waals surface area contributed by atoms with Gasteiger partial charge in [-0.1, -0.05) is 23.7 Å². The van der Waals surface area contributed by atoms with E-state index in [0.717, 1.165) is 22.8 Å². The van der Waals surface area contributed by atoms with Crippen molar-refractivity contribution >= 4 is 46.2 Å². The summed E-state index contributed by atoms with van der Waals surface area (Å²) in [7, 11) is 1.49. The number of benzene rings is 2. The molecule has 1 aliphatic rings. The Labute approximate surface area is 219 Å². The van der Waals surface area contributed by atoms with Crippen LogP contribution in [0.3, 0.4) is 0 Å². The first-order valence-corrected chi connectivity index (χ1v) is 12.2. The molecule has 0 saturated carbocycles. The minimum absolute atomic E-state index is 0.00377. The van der Waals surface area contributed by atoms with Crippen LogP contribution in [0.25, 0.3) is 5.69 Å². The zero-order valence-corrected chi connectivity index (χ0v) is 21.0. The third-order valence-electron chi connectivity index (χ3n) is 5.97. The number of aromatic nitrogens is 2. The van der Waals surface area contributed by atoms with E-state index >= 15 is 0 Å². The van der Waals surface area contributed by atoms with Gasteiger partial charge in [-0.05, 0) is 78.9 Å². The maximum absolute atomic E-state index is 11.9.